The van der Waals surface area contributed by atoms with Crippen molar-refractivity contribution in [3.05, 3.63) is 41.6 Å². The molecule has 0 spiro atoms. The van der Waals surface area contributed by atoms with Crippen LogP contribution < -0.4 is 5.73 Å². The lowest BCUT2D eigenvalue weighted by molar-refractivity contribution is 0.0788. The highest BCUT2D eigenvalue weighted by Gasteiger charge is 2.29. The van der Waals surface area contributed by atoms with Gasteiger partial charge >= 0.3 is 0 Å². The zero-order chi connectivity index (χ0) is 16.6. The van der Waals surface area contributed by atoms with Crippen LogP contribution in [-0.4, -0.2) is 40.2 Å². The molecule has 0 radical (unpaired) electrons. The number of hydrogen-bond donors (Lipinski definition) is 1. The van der Waals surface area contributed by atoms with Gasteiger partial charge in [0, 0.05) is 38.0 Å². The van der Waals surface area contributed by atoms with Crippen LogP contribution in [0.1, 0.15) is 16.8 Å². The van der Waals surface area contributed by atoms with Gasteiger partial charge in [-0.05, 0) is 31.0 Å². The van der Waals surface area contributed by atoms with E-state index in [4.69, 9.17) is 5.73 Å². The number of nitrogens with zero attached hydrogens (tertiary/aromatic N) is 3. The number of aromatic nitrogens is 2. The van der Waals surface area contributed by atoms with E-state index in [0.717, 1.165) is 18.6 Å². The van der Waals surface area contributed by atoms with Crippen molar-refractivity contribution in [1.29, 1.82) is 0 Å². The van der Waals surface area contributed by atoms with Gasteiger partial charge in [-0.3, -0.25) is 9.48 Å². The average Bonchev–Trinajstić information content (AvgIpc) is 3.13. The van der Waals surface area contributed by atoms with Gasteiger partial charge < -0.3 is 10.6 Å². The van der Waals surface area contributed by atoms with E-state index in [-0.39, 0.29) is 17.2 Å². The molecule has 23 heavy (non-hydrogen) atoms. The Labute approximate surface area is 132 Å². The van der Waals surface area contributed by atoms with E-state index in [1.807, 2.05) is 0 Å². The second kappa shape index (κ2) is 6.08. The molecule has 0 unspecified atom stereocenters. The summed E-state index contributed by atoms with van der Waals surface area (Å²) in [5.41, 5.74) is 6.31. The molecule has 122 valence electrons. The summed E-state index contributed by atoms with van der Waals surface area (Å²) in [4.78, 5) is 14.4. The van der Waals surface area contributed by atoms with Crippen LogP contribution in [0, 0.1) is 17.6 Å². The average molecular weight is 320 g/mol. The van der Waals surface area contributed by atoms with E-state index in [2.05, 4.69) is 5.10 Å². The predicted octanol–water partition coefficient (Wildman–Crippen LogP) is 1.79. The van der Waals surface area contributed by atoms with Crippen molar-refractivity contribution in [2.24, 2.45) is 18.7 Å². The molecule has 1 aromatic heterocycles. The summed E-state index contributed by atoms with van der Waals surface area (Å²) in [5.74, 6) is -1.31. The van der Waals surface area contributed by atoms with E-state index in [1.54, 1.807) is 18.1 Å². The van der Waals surface area contributed by atoms with Gasteiger partial charge in [0.1, 0.15) is 17.3 Å². The highest BCUT2D eigenvalue weighted by molar-refractivity contribution is 6.00. The molecule has 2 aromatic rings. The predicted molar refractivity (Wildman–Crippen MR) is 81.6 cm³/mol. The Morgan fingerprint density at radius 3 is 2.87 bits per heavy atom. The number of halogens is 2. The first-order valence-electron chi connectivity index (χ1n) is 7.48. The molecule has 1 atom stereocenters. The second-order valence-electron chi connectivity index (χ2n) is 5.83. The van der Waals surface area contributed by atoms with Crippen LogP contribution in [0.2, 0.25) is 0 Å². The van der Waals surface area contributed by atoms with Crippen molar-refractivity contribution in [1.82, 2.24) is 14.7 Å². The summed E-state index contributed by atoms with van der Waals surface area (Å²) in [6, 6.07) is 3.25. The fourth-order valence-corrected chi connectivity index (χ4v) is 2.91. The van der Waals surface area contributed by atoms with Gasteiger partial charge in [0.05, 0.1) is 5.56 Å². The molecule has 5 nitrogen and oxygen atoms in total. The lowest BCUT2D eigenvalue weighted by Gasteiger charge is -2.16. The minimum atomic E-state index is -0.737. The van der Waals surface area contributed by atoms with Gasteiger partial charge in [-0.15, -0.1) is 0 Å². The molecular weight excluding hydrogens is 302 g/mol. The van der Waals surface area contributed by atoms with Crippen molar-refractivity contribution in [3.8, 4) is 11.3 Å². The summed E-state index contributed by atoms with van der Waals surface area (Å²) in [6.45, 7) is 1.76. The smallest absolute Gasteiger partial charge is 0.257 e. The number of aryl methyl sites for hydroxylation is 1. The highest BCUT2D eigenvalue weighted by atomic mass is 19.1. The van der Waals surface area contributed by atoms with Crippen molar-refractivity contribution in [2.75, 3.05) is 19.6 Å². The van der Waals surface area contributed by atoms with E-state index >= 15 is 0 Å². The molecule has 0 aliphatic carbocycles. The van der Waals surface area contributed by atoms with Crippen LogP contribution in [0.25, 0.3) is 11.3 Å². The Balaban J connectivity index is 1.96. The van der Waals surface area contributed by atoms with E-state index in [9.17, 15) is 13.6 Å². The normalized spacial score (nSPS) is 17.7. The maximum atomic E-state index is 14.1. The van der Waals surface area contributed by atoms with Crippen LogP contribution in [0.15, 0.2) is 24.4 Å². The van der Waals surface area contributed by atoms with Crippen LogP contribution in [0.5, 0.6) is 0 Å². The number of hydrogen-bond acceptors (Lipinski definition) is 3. The Hall–Kier alpha value is -2.28. The quantitative estimate of drug-likeness (QED) is 0.938. The van der Waals surface area contributed by atoms with Crippen molar-refractivity contribution in [2.45, 2.75) is 6.42 Å². The standard InChI is InChI=1S/C16H18F2N4O/c1-21-9-13(16(23)22-5-4-10(7-19)8-22)15(20-21)12-3-2-11(17)6-14(12)18/h2-3,6,9-10H,4-5,7-8,19H2,1H3/t10-/m1/s1. The Morgan fingerprint density at radius 1 is 1.43 bits per heavy atom. The Bertz CT molecular complexity index is 744. The van der Waals surface area contributed by atoms with Crippen molar-refractivity contribution >= 4 is 5.91 Å². The number of carbonyl (C=O) groups is 1. The second-order valence-corrected chi connectivity index (χ2v) is 5.83. The number of carbonyl (C=O) groups excluding carboxylic acids is 1. The molecule has 1 saturated heterocycles. The summed E-state index contributed by atoms with van der Waals surface area (Å²) in [5, 5.41) is 4.19. The maximum Gasteiger partial charge on any atom is 0.257 e. The zero-order valence-electron chi connectivity index (χ0n) is 12.8. The number of likely N-dealkylation sites (tertiary alicyclic amines) is 1. The van der Waals surface area contributed by atoms with Crippen molar-refractivity contribution in [3.63, 3.8) is 0 Å². The van der Waals surface area contributed by atoms with Gasteiger partial charge in [0.25, 0.3) is 5.91 Å². The number of rotatable bonds is 3. The number of nitrogens with two attached hydrogens (primary N) is 1. The monoisotopic (exact) mass is 320 g/mol. The molecular formula is C16H18F2N4O. The Kier molecular flexibility index (Phi) is 4.12. The maximum absolute atomic E-state index is 14.1. The third kappa shape index (κ3) is 2.96. The SMILES string of the molecule is Cn1cc(C(=O)N2CC[C@H](CN)C2)c(-c2ccc(F)cc2F)n1. The number of benzene rings is 1. The first-order valence-corrected chi connectivity index (χ1v) is 7.48. The lowest BCUT2D eigenvalue weighted by Crippen LogP contribution is -2.30. The molecule has 1 aliphatic rings. The fraction of sp³-hybridized carbons (Fsp3) is 0.375. The molecule has 7 heteroatoms. The third-order valence-corrected chi connectivity index (χ3v) is 4.15. The van der Waals surface area contributed by atoms with Crippen LogP contribution in [0.4, 0.5) is 8.78 Å². The van der Waals surface area contributed by atoms with Crippen LogP contribution >= 0.6 is 0 Å². The third-order valence-electron chi connectivity index (χ3n) is 4.15. The summed E-state index contributed by atoms with van der Waals surface area (Å²) in [6.07, 6.45) is 2.43. The van der Waals surface area contributed by atoms with Crippen molar-refractivity contribution < 1.29 is 13.6 Å². The highest BCUT2D eigenvalue weighted by Crippen LogP contribution is 2.28. The fourth-order valence-electron chi connectivity index (χ4n) is 2.91. The first-order chi connectivity index (χ1) is 11.0. The van der Waals surface area contributed by atoms with Gasteiger partial charge in [-0.2, -0.15) is 5.10 Å². The molecule has 2 N–H and O–H groups in total. The van der Waals surface area contributed by atoms with Gasteiger partial charge in [-0.1, -0.05) is 0 Å². The molecule has 1 fully saturated rings. The molecule has 1 aromatic carbocycles. The summed E-state index contributed by atoms with van der Waals surface area (Å²) < 4.78 is 28.6. The van der Waals surface area contributed by atoms with E-state index in [1.165, 1.54) is 10.7 Å². The molecule has 3 rings (SSSR count). The largest absolute Gasteiger partial charge is 0.338 e. The molecule has 1 aliphatic heterocycles. The molecule has 0 saturated carbocycles. The molecule has 0 bridgehead atoms. The summed E-state index contributed by atoms with van der Waals surface area (Å²) in [7, 11) is 1.66. The van der Waals surface area contributed by atoms with Crippen LogP contribution in [0.3, 0.4) is 0 Å². The minimum Gasteiger partial charge on any atom is -0.338 e. The van der Waals surface area contributed by atoms with E-state index in [0.29, 0.717) is 31.1 Å². The first kappa shape index (κ1) is 15.6. The topological polar surface area (TPSA) is 64.2 Å². The zero-order valence-corrected chi connectivity index (χ0v) is 12.8. The molecule has 2 heterocycles. The lowest BCUT2D eigenvalue weighted by atomic mass is 10.1. The number of amides is 1. The van der Waals surface area contributed by atoms with E-state index < -0.39 is 11.6 Å². The Morgan fingerprint density at radius 2 is 2.22 bits per heavy atom. The molecule has 1 amide bonds. The summed E-state index contributed by atoms with van der Waals surface area (Å²) >= 11 is 0. The van der Waals surface area contributed by atoms with Crippen LogP contribution in [-0.2, 0) is 7.05 Å². The van der Waals surface area contributed by atoms with Gasteiger partial charge in [0.15, 0.2) is 0 Å². The van der Waals surface area contributed by atoms with Gasteiger partial charge in [-0.25, -0.2) is 8.78 Å². The minimum absolute atomic E-state index is 0.116. The van der Waals surface area contributed by atoms with Gasteiger partial charge in [0.2, 0.25) is 0 Å².